The van der Waals surface area contributed by atoms with Crippen LogP contribution in [-0.4, -0.2) is 11.0 Å². The second-order valence-corrected chi connectivity index (χ2v) is 6.33. The van der Waals surface area contributed by atoms with Gasteiger partial charge in [0, 0.05) is 11.8 Å². The third-order valence-corrected chi connectivity index (χ3v) is 4.28. The summed E-state index contributed by atoms with van der Waals surface area (Å²) < 4.78 is 0. The number of carbonyl (C=O) groups is 1. The zero-order valence-electron chi connectivity index (χ0n) is 14.8. The van der Waals surface area contributed by atoms with E-state index in [-0.39, 0.29) is 5.91 Å². The number of amides is 1. The molecule has 0 heterocycles. The van der Waals surface area contributed by atoms with Gasteiger partial charge in [0.05, 0.1) is 6.54 Å². The van der Waals surface area contributed by atoms with E-state index in [0.717, 1.165) is 16.8 Å². The lowest BCUT2D eigenvalue weighted by Gasteiger charge is -2.25. The fourth-order valence-electron chi connectivity index (χ4n) is 2.60. The Bertz CT molecular complexity index is 909. The second kappa shape index (κ2) is 9.46. The molecule has 0 aliphatic rings. The van der Waals surface area contributed by atoms with Gasteiger partial charge in [-0.05, 0) is 41.6 Å². The maximum Gasteiger partial charge on any atom is 0.250 e. The molecule has 0 aliphatic carbocycles. The molecule has 3 aromatic carbocycles. The summed E-state index contributed by atoms with van der Waals surface area (Å²) in [4.78, 5) is 14.2. The van der Waals surface area contributed by atoms with Crippen LogP contribution in [-0.2, 0) is 11.3 Å². The van der Waals surface area contributed by atoms with E-state index >= 15 is 0 Å². The van der Waals surface area contributed by atoms with Crippen LogP contribution in [0.5, 0.6) is 0 Å². The Kier molecular flexibility index (Phi) is 6.50. The van der Waals surface area contributed by atoms with Crippen molar-refractivity contribution in [2.24, 2.45) is 0 Å². The predicted molar refractivity (Wildman–Crippen MR) is 115 cm³/mol. The topological polar surface area (TPSA) is 32.3 Å². The van der Waals surface area contributed by atoms with Gasteiger partial charge in [-0.1, -0.05) is 78.9 Å². The molecule has 0 unspecified atom stereocenters. The van der Waals surface area contributed by atoms with Gasteiger partial charge in [0.1, 0.15) is 0 Å². The summed E-state index contributed by atoms with van der Waals surface area (Å²) in [7, 11) is 0. The molecule has 0 radical (unpaired) electrons. The highest BCUT2D eigenvalue weighted by Gasteiger charge is 2.14. The summed E-state index contributed by atoms with van der Waals surface area (Å²) in [6.07, 6.45) is 3.26. The van der Waals surface area contributed by atoms with Gasteiger partial charge >= 0.3 is 0 Å². The minimum atomic E-state index is -0.252. The van der Waals surface area contributed by atoms with Crippen molar-refractivity contribution in [3.05, 3.63) is 108 Å². The van der Waals surface area contributed by atoms with Gasteiger partial charge in [-0.3, -0.25) is 10.1 Å². The Morgan fingerprint density at radius 3 is 2.04 bits per heavy atom. The number of nitrogens with zero attached hydrogens (tertiary/aromatic N) is 1. The summed E-state index contributed by atoms with van der Waals surface area (Å²) in [5, 5.41) is 3.17. The molecule has 27 heavy (non-hydrogen) atoms. The molecule has 1 amide bonds. The van der Waals surface area contributed by atoms with E-state index < -0.39 is 0 Å². The zero-order chi connectivity index (χ0) is 18.9. The van der Waals surface area contributed by atoms with E-state index in [2.05, 4.69) is 5.32 Å². The van der Waals surface area contributed by atoms with Crippen molar-refractivity contribution in [3.63, 3.8) is 0 Å². The molecule has 4 heteroatoms. The Labute approximate surface area is 165 Å². The Morgan fingerprint density at radius 1 is 0.852 bits per heavy atom. The molecule has 0 saturated carbocycles. The maximum atomic E-state index is 12.3. The van der Waals surface area contributed by atoms with Crippen molar-refractivity contribution in [2.45, 2.75) is 6.54 Å². The van der Waals surface area contributed by atoms with Crippen LogP contribution in [0.3, 0.4) is 0 Å². The third kappa shape index (κ3) is 5.62. The van der Waals surface area contributed by atoms with Crippen LogP contribution in [0.2, 0.25) is 0 Å². The first kappa shape index (κ1) is 18.5. The molecule has 3 aromatic rings. The lowest BCUT2D eigenvalue weighted by molar-refractivity contribution is -0.115. The molecule has 3 nitrogen and oxygen atoms in total. The van der Waals surface area contributed by atoms with Gasteiger partial charge in [-0.15, -0.1) is 0 Å². The number of anilines is 1. The minimum Gasteiger partial charge on any atom is -0.314 e. The lowest BCUT2D eigenvalue weighted by Crippen LogP contribution is -2.41. The molecule has 1 N–H and O–H groups in total. The molecule has 0 spiro atoms. The first-order valence-electron chi connectivity index (χ1n) is 8.67. The van der Waals surface area contributed by atoms with Crippen LogP contribution >= 0.6 is 12.2 Å². The standard InChI is InChI=1S/C23H20N2OS/c26-22(17-16-19-10-4-1-5-11-19)24-23(27)25(21-14-8-3-9-15-21)18-20-12-6-2-7-13-20/h1-17H,18H2,(H,24,26,27). The number of hydrogen-bond acceptors (Lipinski definition) is 2. The van der Waals surface area contributed by atoms with Crippen LogP contribution in [0.25, 0.3) is 6.08 Å². The maximum absolute atomic E-state index is 12.3. The van der Waals surface area contributed by atoms with Crippen molar-refractivity contribution in [1.82, 2.24) is 5.32 Å². The van der Waals surface area contributed by atoms with E-state index in [1.54, 1.807) is 6.08 Å². The van der Waals surface area contributed by atoms with E-state index in [9.17, 15) is 4.79 Å². The van der Waals surface area contributed by atoms with E-state index in [4.69, 9.17) is 12.2 Å². The average molecular weight is 372 g/mol. The molecule has 0 atom stereocenters. The molecule has 0 saturated heterocycles. The van der Waals surface area contributed by atoms with E-state index in [0.29, 0.717) is 11.7 Å². The Hall–Kier alpha value is -3.24. The fraction of sp³-hybridized carbons (Fsp3) is 0.0435. The van der Waals surface area contributed by atoms with Gasteiger partial charge in [0.15, 0.2) is 5.11 Å². The van der Waals surface area contributed by atoms with Crippen molar-refractivity contribution in [1.29, 1.82) is 0 Å². The van der Waals surface area contributed by atoms with Crippen molar-refractivity contribution in [2.75, 3.05) is 4.90 Å². The number of carbonyl (C=O) groups excluding carboxylic acids is 1. The monoisotopic (exact) mass is 372 g/mol. The van der Waals surface area contributed by atoms with Crippen LogP contribution in [0, 0.1) is 0 Å². The van der Waals surface area contributed by atoms with Crippen LogP contribution in [0.4, 0.5) is 5.69 Å². The van der Waals surface area contributed by atoms with Gasteiger partial charge in [0.25, 0.3) is 0 Å². The van der Waals surface area contributed by atoms with Gasteiger partial charge in [0.2, 0.25) is 5.91 Å². The van der Waals surface area contributed by atoms with E-state index in [1.165, 1.54) is 6.08 Å². The smallest absolute Gasteiger partial charge is 0.250 e. The van der Waals surface area contributed by atoms with Crippen LogP contribution in [0.15, 0.2) is 97.1 Å². The molecule has 3 rings (SSSR count). The molecular formula is C23H20N2OS. The molecule has 134 valence electrons. The summed E-state index contributed by atoms with van der Waals surface area (Å²) in [5.74, 6) is -0.252. The van der Waals surface area contributed by atoms with E-state index in [1.807, 2.05) is 95.9 Å². The largest absolute Gasteiger partial charge is 0.314 e. The molecular weight excluding hydrogens is 352 g/mol. The number of hydrogen-bond donors (Lipinski definition) is 1. The van der Waals surface area contributed by atoms with Gasteiger partial charge in [-0.25, -0.2) is 0 Å². The Morgan fingerprint density at radius 2 is 1.41 bits per heavy atom. The first-order valence-corrected chi connectivity index (χ1v) is 9.08. The van der Waals surface area contributed by atoms with Gasteiger partial charge in [-0.2, -0.15) is 0 Å². The summed E-state index contributed by atoms with van der Waals surface area (Å²) >= 11 is 5.52. The molecule has 0 aliphatic heterocycles. The SMILES string of the molecule is O=C(C=Cc1ccccc1)NC(=S)N(Cc1ccccc1)c1ccccc1. The lowest BCUT2D eigenvalue weighted by atomic mass is 10.2. The summed E-state index contributed by atoms with van der Waals surface area (Å²) in [6.45, 7) is 0.576. The molecule has 0 aromatic heterocycles. The van der Waals surface area contributed by atoms with Crippen molar-refractivity contribution >= 4 is 35.0 Å². The Balaban J connectivity index is 1.72. The highest BCUT2D eigenvalue weighted by atomic mass is 32.1. The van der Waals surface area contributed by atoms with Crippen molar-refractivity contribution in [3.8, 4) is 0 Å². The second-order valence-electron chi connectivity index (χ2n) is 5.95. The normalized spacial score (nSPS) is 10.5. The number of para-hydroxylation sites is 1. The van der Waals surface area contributed by atoms with Gasteiger partial charge < -0.3 is 4.90 Å². The number of rotatable bonds is 5. The number of benzene rings is 3. The predicted octanol–water partition coefficient (Wildman–Crippen LogP) is 4.81. The zero-order valence-corrected chi connectivity index (χ0v) is 15.6. The fourth-order valence-corrected chi connectivity index (χ4v) is 2.88. The van der Waals surface area contributed by atoms with Crippen LogP contribution < -0.4 is 10.2 Å². The highest BCUT2D eigenvalue weighted by Crippen LogP contribution is 2.17. The highest BCUT2D eigenvalue weighted by molar-refractivity contribution is 7.80. The number of thiocarbonyl (C=S) groups is 1. The number of nitrogens with one attached hydrogen (secondary N) is 1. The molecule has 0 bridgehead atoms. The minimum absolute atomic E-state index is 0.252. The molecule has 0 fully saturated rings. The van der Waals surface area contributed by atoms with Crippen LogP contribution in [0.1, 0.15) is 11.1 Å². The summed E-state index contributed by atoms with van der Waals surface area (Å²) in [6, 6.07) is 29.5. The summed E-state index contributed by atoms with van der Waals surface area (Å²) in [5.41, 5.74) is 3.00. The first-order chi connectivity index (χ1) is 13.2. The average Bonchev–Trinajstić information content (AvgIpc) is 2.72. The quantitative estimate of drug-likeness (QED) is 0.515. The van der Waals surface area contributed by atoms with Crippen molar-refractivity contribution < 1.29 is 4.79 Å². The third-order valence-electron chi connectivity index (χ3n) is 3.95.